The monoisotopic (exact) mass is 267 g/mol. The van der Waals surface area contributed by atoms with Crippen molar-refractivity contribution in [3.63, 3.8) is 0 Å². The van der Waals surface area contributed by atoms with E-state index in [1.54, 1.807) is 0 Å². The van der Waals surface area contributed by atoms with E-state index in [1.807, 2.05) is 0 Å². The lowest BCUT2D eigenvalue weighted by atomic mass is 10.1. The largest absolute Gasteiger partial charge is 0.462 e. The molecule has 0 aliphatic rings. The maximum absolute atomic E-state index is 12.9. The van der Waals surface area contributed by atoms with Gasteiger partial charge >= 0.3 is 5.97 Å². The van der Waals surface area contributed by atoms with Gasteiger partial charge in [-0.05, 0) is 18.6 Å². The van der Waals surface area contributed by atoms with Gasteiger partial charge in [-0.15, -0.1) is 11.6 Å². The molecule has 1 rings (SSSR count). The number of hydrogen-bond acceptors (Lipinski definition) is 3. The van der Waals surface area contributed by atoms with Crippen molar-refractivity contribution < 1.29 is 22.7 Å². The molecule has 1 heterocycles. The molecule has 3 nitrogen and oxygen atoms in total. The molecular formula is C10H9ClF3NO2. The maximum Gasteiger partial charge on any atom is 0.340 e. The summed E-state index contributed by atoms with van der Waals surface area (Å²) in [4.78, 5) is 14.5. The zero-order valence-electron chi connectivity index (χ0n) is 8.84. The lowest BCUT2D eigenvalue weighted by molar-refractivity contribution is 0.0511. The van der Waals surface area contributed by atoms with E-state index >= 15 is 0 Å². The van der Waals surface area contributed by atoms with E-state index < -0.39 is 29.6 Å². The predicted molar refractivity (Wildman–Crippen MR) is 54.7 cm³/mol. The highest BCUT2D eigenvalue weighted by molar-refractivity contribution is 6.17. The Bertz CT molecular complexity index is 426. The fourth-order valence-electron chi connectivity index (χ4n) is 1.29. The Labute approximate surface area is 101 Å². The zero-order valence-corrected chi connectivity index (χ0v) is 9.60. The van der Waals surface area contributed by atoms with Crippen LogP contribution in [0, 0.1) is 5.95 Å². The Kier molecular flexibility index (Phi) is 4.74. The van der Waals surface area contributed by atoms with Crippen LogP contribution in [0.3, 0.4) is 0 Å². The molecule has 0 aliphatic heterocycles. The second-order valence-corrected chi connectivity index (χ2v) is 3.29. The molecule has 0 spiro atoms. The third-order valence-corrected chi connectivity index (χ3v) is 2.22. The summed E-state index contributed by atoms with van der Waals surface area (Å²) < 4.78 is 42.8. The van der Waals surface area contributed by atoms with Gasteiger partial charge in [-0.3, -0.25) is 0 Å². The number of nitrogens with zero attached hydrogens (tertiary/aromatic N) is 1. The summed E-state index contributed by atoms with van der Waals surface area (Å²) in [7, 11) is 0. The first-order valence-corrected chi connectivity index (χ1v) is 5.25. The van der Waals surface area contributed by atoms with Gasteiger partial charge in [0, 0.05) is 5.88 Å². The highest BCUT2D eigenvalue weighted by atomic mass is 35.5. The smallest absolute Gasteiger partial charge is 0.340 e. The first-order valence-electron chi connectivity index (χ1n) is 4.71. The molecular weight excluding hydrogens is 259 g/mol. The fourth-order valence-corrected chi connectivity index (χ4v) is 1.50. The summed E-state index contributed by atoms with van der Waals surface area (Å²) in [5.41, 5.74) is -1.47. The minimum atomic E-state index is -3.08. The standard InChI is InChI=1S/C10H9ClF3NO2/c1-2-17-10(16)7-5(4-11)3-6(12)15-8(7)9(13)14/h3,9H,2,4H2,1H3. The van der Waals surface area contributed by atoms with Crippen molar-refractivity contribution in [2.24, 2.45) is 0 Å². The molecule has 0 amide bonds. The van der Waals surface area contributed by atoms with Crippen LogP contribution in [0.2, 0.25) is 0 Å². The van der Waals surface area contributed by atoms with Crippen LogP contribution >= 0.6 is 11.6 Å². The Morgan fingerprint density at radius 1 is 1.59 bits per heavy atom. The first kappa shape index (κ1) is 13.8. The molecule has 0 aliphatic carbocycles. The number of ether oxygens (including phenoxy) is 1. The van der Waals surface area contributed by atoms with Crippen LogP contribution in [0.15, 0.2) is 6.07 Å². The lowest BCUT2D eigenvalue weighted by Gasteiger charge is -2.11. The van der Waals surface area contributed by atoms with Gasteiger partial charge in [0.15, 0.2) is 0 Å². The van der Waals surface area contributed by atoms with Crippen LogP contribution in [-0.2, 0) is 10.6 Å². The van der Waals surface area contributed by atoms with Gasteiger partial charge in [0.25, 0.3) is 6.43 Å². The van der Waals surface area contributed by atoms with Gasteiger partial charge in [-0.25, -0.2) is 18.6 Å². The molecule has 94 valence electrons. The molecule has 7 heteroatoms. The number of carbonyl (C=O) groups excluding carboxylic acids is 1. The van der Waals surface area contributed by atoms with Crippen LogP contribution in [0.1, 0.15) is 35.0 Å². The van der Waals surface area contributed by atoms with Crippen LogP contribution in [-0.4, -0.2) is 17.6 Å². The van der Waals surface area contributed by atoms with Crippen LogP contribution in [0.25, 0.3) is 0 Å². The van der Waals surface area contributed by atoms with E-state index in [0.717, 1.165) is 6.07 Å². The average Bonchev–Trinajstić information content (AvgIpc) is 2.27. The lowest BCUT2D eigenvalue weighted by Crippen LogP contribution is -2.14. The zero-order chi connectivity index (χ0) is 13.0. The van der Waals surface area contributed by atoms with E-state index in [4.69, 9.17) is 11.6 Å². The molecule has 0 radical (unpaired) electrons. The van der Waals surface area contributed by atoms with E-state index in [2.05, 4.69) is 9.72 Å². The second kappa shape index (κ2) is 5.86. The Morgan fingerprint density at radius 2 is 2.24 bits per heavy atom. The molecule has 0 saturated heterocycles. The number of aromatic nitrogens is 1. The average molecular weight is 268 g/mol. The van der Waals surface area contributed by atoms with Crippen molar-refractivity contribution in [1.82, 2.24) is 4.98 Å². The summed E-state index contributed by atoms with van der Waals surface area (Å²) in [6.07, 6.45) is -3.08. The molecule has 0 bridgehead atoms. The molecule has 0 N–H and O–H groups in total. The highest BCUT2D eigenvalue weighted by Crippen LogP contribution is 2.26. The summed E-state index contributed by atoms with van der Waals surface area (Å²) in [5.74, 6) is -2.37. The third-order valence-electron chi connectivity index (χ3n) is 1.93. The normalized spacial score (nSPS) is 10.7. The molecule has 0 unspecified atom stereocenters. The minimum absolute atomic E-state index is 0.0145. The number of alkyl halides is 3. The predicted octanol–water partition coefficient (Wildman–Crippen LogP) is 3.07. The number of pyridine rings is 1. The number of rotatable bonds is 4. The fraction of sp³-hybridized carbons (Fsp3) is 0.400. The number of halogens is 4. The Morgan fingerprint density at radius 3 is 2.71 bits per heavy atom. The van der Waals surface area contributed by atoms with Crippen LogP contribution in [0.5, 0.6) is 0 Å². The molecule has 0 atom stereocenters. The first-order chi connectivity index (χ1) is 8.01. The summed E-state index contributed by atoms with van der Waals surface area (Å²) in [6, 6.07) is 0.838. The number of hydrogen-bond donors (Lipinski definition) is 0. The van der Waals surface area contributed by atoms with Crippen molar-refractivity contribution >= 4 is 17.6 Å². The third kappa shape index (κ3) is 3.09. The van der Waals surface area contributed by atoms with Crippen LogP contribution in [0.4, 0.5) is 13.2 Å². The highest BCUT2D eigenvalue weighted by Gasteiger charge is 2.25. The minimum Gasteiger partial charge on any atom is -0.462 e. The van der Waals surface area contributed by atoms with Gasteiger partial charge < -0.3 is 4.74 Å². The van der Waals surface area contributed by atoms with Gasteiger partial charge in [0.2, 0.25) is 5.95 Å². The molecule has 0 aromatic carbocycles. The summed E-state index contributed by atoms with van der Waals surface area (Å²) in [6.45, 7) is 1.54. The molecule has 17 heavy (non-hydrogen) atoms. The SMILES string of the molecule is CCOC(=O)c1c(CCl)cc(F)nc1C(F)F. The Balaban J connectivity index is 3.36. The van der Waals surface area contributed by atoms with Crippen molar-refractivity contribution in [1.29, 1.82) is 0 Å². The van der Waals surface area contributed by atoms with E-state index in [1.165, 1.54) is 6.92 Å². The van der Waals surface area contributed by atoms with Crippen molar-refractivity contribution in [2.75, 3.05) is 6.61 Å². The van der Waals surface area contributed by atoms with Crippen molar-refractivity contribution in [3.8, 4) is 0 Å². The summed E-state index contributed by atoms with van der Waals surface area (Å²) in [5, 5.41) is 0. The van der Waals surface area contributed by atoms with Gasteiger partial charge in [0.1, 0.15) is 5.69 Å². The van der Waals surface area contributed by atoms with E-state index in [9.17, 15) is 18.0 Å². The van der Waals surface area contributed by atoms with Crippen molar-refractivity contribution in [2.45, 2.75) is 19.2 Å². The van der Waals surface area contributed by atoms with Gasteiger partial charge in [-0.1, -0.05) is 0 Å². The van der Waals surface area contributed by atoms with Crippen molar-refractivity contribution in [3.05, 3.63) is 28.8 Å². The van der Waals surface area contributed by atoms with E-state index in [-0.39, 0.29) is 18.1 Å². The van der Waals surface area contributed by atoms with Gasteiger partial charge in [0.05, 0.1) is 12.2 Å². The number of esters is 1. The maximum atomic E-state index is 12.9. The molecule has 1 aromatic rings. The number of carbonyl (C=O) groups is 1. The van der Waals surface area contributed by atoms with Gasteiger partial charge in [-0.2, -0.15) is 4.39 Å². The molecule has 0 fully saturated rings. The van der Waals surface area contributed by atoms with E-state index in [0.29, 0.717) is 0 Å². The second-order valence-electron chi connectivity index (χ2n) is 3.02. The summed E-state index contributed by atoms with van der Waals surface area (Å²) >= 11 is 5.48. The quantitative estimate of drug-likeness (QED) is 0.478. The Hall–Kier alpha value is -1.30. The molecule has 1 aromatic heterocycles. The molecule has 0 saturated carbocycles. The van der Waals surface area contributed by atoms with Crippen LogP contribution < -0.4 is 0 Å². The topological polar surface area (TPSA) is 39.2 Å².